The van der Waals surface area contributed by atoms with Crippen LogP contribution in [0.3, 0.4) is 0 Å². The van der Waals surface area contributed by atoms with Gasteiger partial charge in [-0.2, -0.15) is 5.48 Å². The topological polar surface area (TPSA) is 85.9 Å². The van der Waals surface area contributed by atoms with Gasteiger partial charge < -0.3 is 14.8 Å². The van der Waals surface area contributed by atoms with Crippen molar-refractivity contribution >= 4 is 12.2 Å². The lowest BCUT2D eigenvalue weighted by Crippen LogP contribution is -2.33. The van der Waals surface area contributed by atoms with Crippen LogP contribution in [-0.4, -0.2) is 38.0 Å². The number of hydroxylamine groups is 1. The maximum Gasteiger partial charge on any atom is 0.431 e. The molecule has 0 bridgehead atoms. The summed E-state index contributed by atoms with van der Waals surface area (Å²) in [6.45, 7) is 5.94. The second-order valence-corrected chi connectivity index (χ2v) is 4.22. The molecule has 0 aliphatic rings. The van der Waals surface area contributed by atoms with Crippen LogP contribution in [0.15, 0.2) is 0 Å². The second-order valence-electron chi connectivity index (χ2n) is 4.22. The normalized spacial score (nSPS) is 10.0. The predicted molar refractivity (Wildman–Crippen MR) is 67.1 cm³/mol. The van der Waals surface area contributed by atoms with Crippen LogP contribution in [-0.2, 0) is 14.3 Å². The molecule has 0 spiro atoms. The highest BCUT2D eigenvalue weighted by Gasteiger charge is 2.15. The lowest BCUT2D eigenvalue weighted by atomic mass is 10.2. The van der Waals surface area contributed by atoms with Crippen LogP contribution in [0, 0.1) is 0 Å². The molecule has 18 heavy (non-hydrogen) atoms. The summed E-state index contributed by atoms with van der Waals surface area (Å²) in [6.07, 6.45) is -0.589. The van der Waals surface area contributed by atoms with E-state index in [1.807, 2.05) is 0 Å². The molecule has 0 aromatic carbocycles. The van der Waals surface area contributed by atoms with E-state index >= 15 is 0 Å². The number of carbonyl (C=O) groups excluding carboxylic acids is 2. The molecule has 0 aromatic heterocycles. The molecule has 0 saturated heterocycles. The fourth-order valence-electron chi connectivity index (χ4n) is 0.816. The molecule has 0 heterocycles. The Labute approximate surface area is 108 Å². The quantitative estimate of drug-likeness (QED) is 0.584. The standard InChI is InChI=1S/C10H20N2O5.CH4/c1-10(2,3)17-9(14)12-16-7-5-6-11-8(13)15-4;/h5-7H2,1-4H3,(H,11,13)(H,12,14);1H4. The van der Waals surface area contributed by atoms with Crippen LogP contribution in [0.25, 0.3) is 0 Å². The molecule has 7 nitrogen and oxygen atoms in total. The molecule has 0 aliphatic heterocycles. The Morgan fingerprint density at radius 2 is 1.78 bits per heavy atom. The van der Waals surface area contributed by atoms with Crippen molar-refractivity contribution in [2.45, 2.75) is 40.2 Å². The molecule has 0 atom stereocenters. The Balaban J connectivity index is 0. The average molecular weight is 264 g/mol. The zero-order valence-corrected chi connectivity index (χ0v) is 10.7. The molecular weight excluding hydrogens is 240 g/mol. The van der Waals surface area contributed by atoms with E-state index in [9.17, 15) is 9.59 Å². The minimum atomic E-state index is -0.640. The van der Waals surface area contributed by atoms with Crippen LogP contribution in [0.5, 0.6) is 0 Å². The van der Waals surface area contributed by atoms with Crippen molar-refractivity contribution in [3.8, 4) is 0 Å². The van der Waals surface area contributed by atoms with Gasteiger partial charge in [0, 0.05) is 6.54 Å². The lowest BCUT2D eigenvalue weighted by Gasteiger charge is -2.19. The van der Waals surface area contributed by atoms with Crippen molar-refractivity contribution < 1.29 is 23.9 Å². The number of ether oxygens (including phenoxy) is 2. The highest BCUT2D eigenvalue weighted by Crippen LogP contribution is 2.06. The van der Waals surface area contributed by atoms with Crippen molar-refractivity contribution in [3.05, 3.63) is 0 Å². The SMILES string of the molecule is C.COC(=O)NCCCONC(=O)OC(C)(C)C. The summed E-state index contributed by atoms with van der Waals surface area (Å²) < 4.78 is 9.30. The molecule has 0 aliphatic carbocycles. The van der Waals surface area contributed by atoms with Crippen molar-refractivity contribution in [3.63, 3.8) is 0 Å². The second kappa shape index (κ2) is 9.52. The Morgan fingerprint density at radius 3 is 2.28 bits per heavy atom. The Bertz CT molecular complexity index is 250. The van der Waals surface area contributed by atoms with Crippen molar-refractivity contribution in [1.29, 1.82) is 0 Å². The first-order valence-electron chi connectivity index (χ1n) is 5.28. The molecule has 0 unspecified atom stereocenters. The Hall–Kier alpha value is -1.50. The number of rotatable bonds is 5. The zero-order valence-electron chi connectivity index (χ0n) is 10.7. The molecule has 0 saturated carbocycles. The van der Waals surface area contributed by atoms with Crippen LogP contribution >= 0.6 is 0 Å². The van der Waals surface area contributed by atoms with Gasteiger partial charge in [0.15, 0.2) is 0 Å². The van der Waals surface area contributed by atoms with Crippen LogP contribution in [0.2, 0.25) is 0 Å². The third-order valence-corrected chi connectivity index (χ3v) is 1.43. The molecular formula is C11H24N2O5. The molecule has 108 valence electrons. The third kappa shape index (κ3) is 12.6. The first kappa shape index (κ1) is 18.9. The number of alkyl carbamates (subject to hydrolysis) is 1. The summed E-state index contributed by atoms with van der Waals surface area (Å²) in [4.78, 5) is 26.6. The van der Waals surface area contributed by atoms with Crippen LogP contribution in [0.4, 0.5) is 9.59 Å². The van der Waals surface area contributed by atoms with E-state index in [1.54, 1.807) is 20.8 Å². The van der Waals surface area contributed by atoms with Crippen molar-refractivity contribution in [2.24, 2.45) is 0 Å². The van der Waals surface area contributed by atoms with E-state index in [1.165, 1.54) is 7.11 Å². The van der Waals surface area contributed by atoms with Crippen LogP contribution in [0.1, 0.15) is 34.6 Å². The summed E-state index contributed by atoms with van der Waals surface area (Å²) in [5.41, 5.74) is 1.58. The van der Waals surface area contributed by atoms with Gasteiger partial charge in [-0.05, 0) is 27.2 Å². The first-order valence-corrected chi connectivity index (χ1v) is 5.28. The maximum absolute atomic E-state index is 11.1. The Morgan fingerprint density at radius 1 is 1.17 bits per heavy atom. The maximum atomic E-state index is 11.1. The van der Waals surface area contributed by atoms with Crippen molar-refractivity contribution in [1.82, 2.24) is 10.8 Å². The molecule has 2 N–H and O–H groups in total. The fraction of sp³-hybridized carbons (Fsp3) is 0.818. The van der Waals surface area contributed by atoms with E-state index in [0.717, 1.165) is 0 Å². The molecule has 0 fully saturated rings. The van der Waals surface area contributed by atoms with Gasteiger partial charge in [0.2, 0.25) is 0 Å². The molecule has 7 heteroatoms. The largest absolute Gasteiger partial charge is 0.453 e. The smallest absolute Gasteiger partial charge is 0.431 e. The fourth-order valence-corrected chi connectivity index (χ4v) is 0.816. The van der Waals surface area contributed by atoms with Gasteiger partial charge in [0.1, 0.15) is 5.60 Å². The summed E-state index contributed by atoms with van der Waals surface area (Å²) in [5.74, 6) is 0. The van der Waals surface area contributed by atoms with E-state index in [4.69, 9.17) is 9.57 Å². The monoisotopic (exact) mass is 264 g/mol. The first-order chi connectivity index (χ1) is 7.85. The van der Waals surface area contributed by atoms with Crippen molar-refractivity contribution in [2.75, 3.05) is 20.3 Å². The molecule has 2 amide bonds. The molecule has 0 radical (unpaired) electrons. The van der Waals surface area contributed by atoms with Gasteiger partial charge in [-0.15, -0.1) is 0 Å². The van der Waals surface area contributed by atoms with Gasteiger partial charge >= 0.3 is 12.2 Å². The summed E-state index contributed by atoms with van der Waals surface area (Å²) in [6, 6.07) is 0. The summed E-state index contributed by atoms with van der Waals surface area (Å²) >= 11 is 0. The van der Waals surface area contributed by atoms with Gasteiger partial charge in [-0.3, -0.25) is 4.84 Å². The number of carbonyl (C=O) groups is 2. The average Bonchev–Trinajstić information content (AvgIpc) is 2.20. The van der Waals surface area contributed by atoms with E-state index in [-0.39, 0.29) is 14.0 Å². The summed E-state index contributed by atoms with van der Waals surface area (Å²) in [7, 11) is 1.29. The van der Waals surface area contributed by atoms with Gasteiger partial charge in [0.05, 0.1) is 13.7 Å². The number of hydrogen-bond acceptors (Lipinski definition) is 5. The molecule has 0 aromatic rings. The minimum absolute atomic E-state index is 0. The minimum Gasteiger partial charge on any atom is -0.453 e. The molecule has 0 rings (SSSR count). The number of hydrogen-bond donors (Lipinski definition) is 2. The van der Waals surface area contributed by atoms with Gasteiger partial charge in [0.25, 0.3) is 0 Å². The highest BCUT2D eigenvalue weighted by atomic mass is 16.7. The third-order valence-electron chi connectivity index (χ3n) is 1.43. The lowest BCUT2D eigenvalue weighted by molar-refractivity contribution is -0.00816. The Kier molecular flexibility index (Phi) is 9.97. The van der Waals surface area contributed by atoms with E-state index in [0.29, 0.717) is 13.0 Å². The van der Waals surface area contributed by atoms with E-state index < -0.39 is 17.8 Å². The summed E-state index contributed by atoms with van der Waals surface area (Å²) in [5, 5.41) is 2.47. The number of nitrogens with one attached hydrogen (secondary N) is 2. The van der Waals surface area contributed by atoms with Gasteiger partial charge in [-0.25, -0.2) is 9.59 Å². The zero-order chi connectivity index (χ0) is 13.3. The number of amides is 2. The predicted octanol–water partition coefficient (Wildman–Crippen LogP) is 1.82. The van der Waals surface area contributed by atoms with E-state index in [2.05, 4.69) is 15.5 Å². The number of methoxy groups -OCH3 is 1. The van der Waals surface area contributed by atoms with Gasteiger partial charge in [-0.1, -0.05) is 7.43 Å². The highest BCUT2D eigenvalue weighted by molar-refractivity contribution is 5.66. The van der Waals surface area contributed by atoms with Crippen LogP contribution < -0.4 is 10.8 Å².